The van der Waals surface area contributed by atoms with E-state index >= 15 is 0 Å². The number of nitrogens with zero attached hydrogens (tertiary/aromatic N) is 3. The number of thioether (sulfide) groups is 1. The van der Waals surface area contributed by atoms with E-state index in [1.54, 1.807) is 27.9 Å². The third-order valence-electron chi connectivity index (χ3n) is 5.06. The first kappa shape index (κ1) is 23.6. The van der Waals surface area contributed by atoms with Gasteiger partial charge < -0.3 is 14.5 Å². The van der Waals surface area contributed by atoms with Crippen molar-refractivity contribution in [2.75, 3.05) is 19.5 Å². The molecule has 0 unspecified atom stereocenters. The van der Waals surface area contributed by atoms with Crippen molar-refractivity contribution >= 4 is 23.5 Å². The molecule has 0 bridgehead atoms. The lowest BCUT2D eigenvalue weighted by Gasteiger charge is -2.14. The van der Waals surface area contributed by atoms with Crippen molar-refractivity contribution in [3.63, 3.8) is 0 Å². The summed E-state index contributed by atoms with van der Waals surface area (Å²) in [6.07, 6.45) is 0. The molecular weight excluding hydrogens is 428 g/mol. The first-order valence-corrected chi connectivity index (χ1v) is 11.4. The summed E-state index contributed by atoms with van der Waals surface area (Å²) in [6.45, 7) is 9.65. The average molecular weight is 457 g/mol. The van der Waals surface area contributed by atoms with Gasteiger partial charge in [0.15, 0.2) is 16.8 Å². The van der Waals surface area contributed by atoms with Crippen molar-refractivity contribution in [2.45, 2.75) is 45.8 Å². The first-order chi connectivity index (χ1) is 15.3. The number of aromatic amines is 1. The average Bonchev–Trinajstić information content (AvgIpc) is 3.33. The molecule has 1 N–H and O–H groups in total. The number of H-pyrrole nitrogens is 1. The second-order valence-corrected chi connectivity index (χ2v) is 8.50. The molecule has 170 valence electrons. The summed E-state index contributed by atoms with van der Waals surface area (Å²) >= 11 is 1.32. The van der Waals surface area contributed by atoms with E-state index in [1.807, 2.05) is 42.7 Å². The predicted molar refractivity (Wildman–Crippen MR) is 124 cm³/mol. The zero-order valence-corrected chi connectivity index (χ0v) is 20.0. The zero-order valence-electron chi connectivity index (χ0n) is 19.2. The standard InChI is InChI=1S/C23H28N4O4S/c1-7-31-22(29)19-14(4)20(24-15(19)5)18(28)12-32-23-26-25-21(27(23)13(2)3)16-8-10-17(30-6)11-9-16/h8-11,13,24H,7,12H2,1-6H3. The number of ether oxygens (including phenoxy) is 2. The van der Waals surface area contributed by atoms with Gasteiger partial charge in [0.2, 0.25) is 0 Å². The van der Waals surface area contributed by atoms with E-state index < -0.39 is 5.97 Å². The molecule has 0 saturated heterocycles. The summed E-state index contributed by atoms with van der Waals surface area (Å²) in [5.74, 6) is 1.12. The molecule has 0 spiro atoms. The number of methoxy groups -OCH3 is 1. The Labute approximate surface area is 191 Å². The lowest BCUT2D eigenvalue weighted by molar-refractivity contribution is 0.0525. The fraction of sp³-hybridized carbons (Fsp3) is 0.391. The highest BCUT2D eigenvalue weighted by molar-refractivity contribution is 7.99. The Balaban J connectivity index is 1.81. The molecular formula is C23H28N4O4S. The number of hydrogen-bond donors (Lipinski definition) is 1. The maximum Gasteiger partial charge on any atom is 0.340 e. The Bertz CT molecular complexity index is 1120. The van der Waals surface area contributed by atoms with Gasteiger partial charge in [0.1, 0.15) is 5.75 Å². The Kier molecular flexibility index (Phi) is 7.40. The maximum atomic E-state index is 12.9. The summed E-state index contributed by atoms with van der Waals surface area (Å²) in [5, 5.41) is 9.35. The van der Waals surface area contributed by atoms with Crippen LogP contribution in [-0.4, -0.2) is 51.0 Å². The number of carbonyl (C=O) groups is 2. The number of aromatic nitrogens is 4. The van der Waals surface area contributed by atoms with Crippen LogP contribution in [0.3, 0.4) is 0 Å². The van der Waals surface area contributed by atoms with Crippen LogP contribution >= 0.6 is 11.8 Å². The van der Waals surface area contributed by atoms with E-state index in [1.165, 1.54) is 11.8 Å². The highest BCUT2D eigenvalue weighted by atomic mass is 32.2. The Morgan fingerprint density at radius 3 is 2.44 bits per heavy atom. The van der Waals surface area contributed by atoms with Gasteiger partial charge in [-0.05, 0) is 64.4 Å². The van der Waals surface area contributed by atoms with Gasteiger partial charge in [0.05, 0.1) is 30.7 Å². The topological polar surface area (TPSA) is 99.1 Å². The minimum Gasteiger partial charge on any atom is -0.497 e. The third kappa shape index (κ3) is 4.72. The van der Waals surface area contributed by atoms with Gasteiger partial charge >= 0.3 is 5.97 Å². The van der Waals surface area contributed by atoms with E-state index in [0.29, 0.717) is 27.7 Å². The van der Waals surface area contributed by atoms with E-state index in [9.17, 15) is 9.59 Å². The van der Waals surface area contributed by atoms with Gasteiger partial charge in [-0.1, -0.05) is 11.8 Å². The second kappa shape index (κ2) is 10.0. The number of benzene rings is 1. The van der Waals surface area contributed by atoms with Crippen molar-refractivity contribution in [1.29, 1.82) is 0 Å². The molecule has 0 amide bonds. The molecule has 0 aliphatic rings. The van der Waals surface area contributed by atoms with Gasteiger partial charge in [-0.2, -0.15) is 0 Å². The summed E-state index contributed by atoms with van der Waals surface area (Å²) in [7, 11) is 1.63. The van der Waals surface area contributed by atoms with Crippen LogP contribution in [0.15, 0.2) is 29.4 Å². The van der Waals surface area contributed by atoms with E-state index in [-0.39, 0.29) is 24.2 Å². The molecule has 32 heavy (non-hydrogen) atoms. The van der Waals surface area contributed by atoms with Crippen molar-refractivity contribution in [1.82, 2.24) is 19.7 Å². The molecule has 3 rings (SSSR count). The van der Waals surface area contributed by atoms with Crippen LogP contribution in [0.5, 0.6) is 5.75 Å². The minimum absolute atomic E-state index is 0.101. The molecule has 2 heterocycles. The van der Waals surface area contributed by atoms with Crippen molar-refractivity contribution in [2.24, 2.45) is 0 Å². The van der Waals surface area contributed by atoms with Gasteiger partial charge in [0, 0.05) is 17.3 Å². The zero-order chi connectivity index (χ0) is 23.4. The molecule has 8 nitrogen and oxygen atoms in total. The molecule has 0 radical (unpaired) electrons. The van der Waals surface area contributed by atoms with Crippen LogP contribution in [0.4, 0.5) is 0 Å². The smallest absolute Gasteiger partial charge is 0.340 e. The number of esters is 1. The Morgan fingerprint density at radius 1 is 1.16 bits per heavy atom. The molecule has 0 aliphatic carbocycles. The lowest BCUT2D eigenvalue weighted by atomic mass is 10.1. The number of aryl methyl sites for hydroxylation is 1. The van der Waals surface area contributed by atoms with E-state index in [2.05, 4.69) is 15.2 Å². The van der Waals surface area contributed by atoms with Crippen LogP contribution in [0, 0.1) is 13.8 Å². The summed E-state index contributed by atoms with van der Waals surface area (Å²) < 4.78 is 12.3. The van der Waals surface area contributed by atoms with Crippen LogP contribution in [0.1, 0.15) is 58.9 Å². The van der Waals surface area contributed by atoms with Gasteiger partial charge in [-0.15, -0.1) is 10.2 Å². The van der Waals surface area contributed by atoms with Crippen molar-refractivity contribution < 1.29 is 19.1 Å². The summed E-state index contributed by atoms with van der Waals surface area (Å²) in [4.78, 5) is 28.2. The predicted octanol–water partition coefficient (Wildman–Crippen LogP) is 4.63. The number of carbonyl (C=O) groups excluding carboxylic acids is 2. The number of nitrogens with one attached hydrogen (secondary N) is 1. The molecule has 0 saturated carbocycles. The SMILES string of the molecule is CCOC(=O)c1c(C)[nH]c(C(=O)CSc2nnc(-c3ccc(OC)cc3)n2C(C)C)c1C. The Morgan fingerprint density at radius 2 is 1.84 bits per heavy atom. The minimum atomic E-state index is -0.422. The summed E-state index contributed by atoms with van der Waals surface area (Å²) in [6, 6.07) is 7.72. The maximum absolute atomic E-state index is 12.9. The summed E-state index contributed by atoms with van der Waals surface area (Å²) in [5.41, 5.74) is 2.99. The monoisotopic (exact) mass is 456 g/mol. The molecule has 2 aromatic heterocycles. The first-order valence-electron chi connectivity index (χ1n) is 10.4. The van der Waals surface area contributed by atoms with Gasteiger partial charge in [-0.3, -0.25) is 9.36 Å². The third-order valence-corrected chi connectivity index (χ3v) is 6.00. The molecule has 9 heteroatoms. The second-order valence-electron chi connectivity index (χ2n) is 7.56. The molecule has 0 atom stereocenters. The lowest BCUT2D eigenvalue weighted by Crippen LogP contribution is -2.10. The van der Waals surface area contributed by atoms with Crippen molar-refractivity contribution in [3.8, 4) is 17.1 Å². The highest BCUT2D eigenvalue weighted by Gasteiger charge is 2.24. The van der Waals surface area contributed by atoms with Crippen LogP contribution in [0.2, 0.25) is 0 Å². The van der Waals surface area contributed by atoms with Gasteiger partial charge in [0.25, 0.3) is 0 Å². The molecule has 0 aliphatic heterocycles. The number of Topliss-reactive ketones (excluding diaryl/α,β-unsaturated/α-hetero) is 1. The quantitative estimate of drug-likeness (QED) is 0.285. The number of rotatable bonds is 9. The van der Waals surface area contributed by atoms with E-state index in [0.717, 1.165) is 17.1 Å². The normalized spacial score (nSPS) is 11.1. The molecule has 3 aromatic rings. The van der Waals surface area contributed by atoms with Crippen molar-refractivity contribution in [3.05, 3.63) is 46.8 Å². The van der Waals surface area contributed by atoms with Gasteiger partial charge in [-0.25, -0.2) is 4.79 Å². The fourth-order valence-electron chi connectivity index (χ4n) is 3.52. The van der Waals surface area contributed by atoms with E-state index in [4.69, 9.17) is 9.47 Å². The Hall–Kier alpha value is -3.07. The number of ketones is 1. The highest BCUT2D eigenvalue weighted by Crippen LogP contribution is 2.29. The van der Waals surface area contributed by atoms with Crippen LogP contribution < -0.4 is 4.74 Å². The van der Waals surface area contributed by atoms with Crippen LogP contribution in [0.25, 0.3) is 11.4 Å². The number of hydrogen-bond acceptors (Lipinski definition) is 7. The fourth-order valence-corrected chi connectivity index (χ4v) is 4.46. The molecule has 1 aromatic carbocycles. The van der Waals surface area contributed by atoms with Crippen LogP contribution in [-0.2, 0) is 4.74 Å². The molecule has 0 fully saturated rings. The largest absolute Gasteiger partial charge is 0.497 e.